The van der Waals surface area contributed by atoms with Crippen LogP contribution in [0.4, 0.5) is 5.69 Å². The molecule has 0 bridgehead atoms. The van der Waals surface area contributed by atoms with E-state index >= 15 is 0 Å². The third kappa shape index (κ3) is 2.64. The Morgan fingerprint density at radius 2 is 1.70 bits per heavy atom. The summed E-state index contributed by atoms with van der Waals surface area (Å²) in [5, 5.41) is 0. The molecule has 2 heterocycles. The topological polar surface area (TPSA) is 57.7 Å². The molecule has 0 aromatic heterocycles. The number of benzene rings is 1. The van der Waals surface area contributed by atoms with E-state index in [4.69, 9.17) is 0 Å². The largest absolute Gasteiger partial charge is 0.347 e. The Morgan fingerprint density at radius 1 is 1.11 bits per heavy atom. The van der Waals surface area contributed by atoms with Crippen LogP contribution in [0.5, 0.6) is 0 Å². The molecule has 5 heteroatoms. The summed E-state index contributed by atoms with van der Waals surface area (Å²) in [6, 6.07) is 8.08. The normalized spacial score (nSPS) is 27.3. The maximum Gasteiger partial charge on any atom is 0.233 e. The molecule has 0 radical (unpaired) electrons. The van der Waals surface area contributed by atoms with Gasteiger partial charge in [0.2, 0.25) is 11.8 Å². The molecule has 2 aliphatic heterocycles. The number of anilines is 1. The highest BCUT2D eigenvalue weighted by Crippen LogP contribution is 2.46. The lowest BCUT2D eigenvalue weighted by Crippen LogP contribution is -2.36. The summed E-state index contributed by atoms with van der Waals surface area (Å²) >= 11 is 0. The Hall–Kier alpha value is -2.69. The van der Waals surface area contributed by atoms with Crippen LogP contribution < -0.4 is 4.90 Å². The smallest absolute Gasteiger partial charge is 0.233 e. The quantitative estimate of drug-likeness (QED) is 0.470. The average molecular weight is 364 g/mol. The zero-order valence-corrected chi connectivity index (χ0v) is 15.9. The van der Waals surface area contributed by atoms with Gasteiger partial charge in [-0.1, -0.05) is 44.2 Å². The molecule has 2 atom stereocenters. The zero-order valence-electron chi connectivity index (χ0n) is 15.9. The molecule has 140 valence electrons. The lowest BCUT2D eigenvalue weighted by Gasteiger charge is -2.24. The highest BCUT2D eigenvalue weighted by atomic mass is 16.2. The van der Waals surface area contributed by atoms with Crippen molar-refractivity contribution >= 4 is 23.3 Å². The predicted octanol–water partition coefficient (Wildman–Crippen LogP) is 2.82. The van der Waals surface area contributed by atoms with Crippen LogP contribution in [0.15, 0.2) is 48.2 Å². The number of hydrogen-bond donors (Lipinski definition) is 0. The minimum atomic E-state index is -0.308. The van der Waals surface area contributed by atoms with E-state index < -0.39 is 0 Å². The Balaban J connectivity index is 1.56. The van der Waals surface area contributed by atoms with Crippen molar-refractivity contribution in [2.75, 3.05) is 18.5 Å². The van der Waals surface area contributed by atoms with Crippen molar-refractivity contribution in [1.82, 2.24) is 4.90 Å². The molecule has 3 aliphatic rings. The number of nitrogens with zero attached hydrogens (tertiary/aromatic N) is 2. The molecule has 27 heavy (non-hydrogen) atoms. The Bertz CT molecular complexity index is 871. The van der Waals surface area contributed by atoms with Crippen molar-refractivity contribution in [1.29, 1.82) is 0 Å². The Kier molecular flexibility index (Phi) is 4.06. The van der Waals surface area contributed by atoms with E-state index in [1.54, 1.807) is 6.08 Å². The van der Waals surface area contributed by atoms with E-state index in [0.717, 1.165) is 21.8 Å². The molecule has 0 saturated carbocycles. The summed E-state index contributed by atoms with van der Waals surface area (Å²) in [6.45, 7) is 4.00. The number of likely N-dealkylation sites (N-methyl/N-ethyl adjacent to an activating group) is 1. The van der Waals surface area contributed by atoms with Crippen molar-refractivity contribution in [3.8, 4) is 0 Å². The van der Waals surface area contributed by atoms with Crippen LogP contribution in [0.1, 0.15) is 32.3 Å². The van der Waals surface area contributed by atoms with E-state index in [0.29, 0.717) is 12.8 Å². The first-order valence-corrected chi connectivity index (χ1v) is 9.41. The molecule has 0 spiro atoms. The minimum absolute atomic E-state index is 0.172. The van der Waals surface area contributed by atoms with Crippen molar-refractivity contribution in [3.05, 3.63) is 53.8 Å². The van der Waals surface area contributed by atoms with Crippen molar-refractivity contribution in [3.63, 3.8) is 0 Å². The summed E-state index contributed by atoms with van der Waals surface area (Å²) in [7, 11) is 1.94. The second-order valence-electron chi connectivity index (χ2n) is 8.12. The van der Waals surface area contributed by atoms with E-state index in [2.05, 4.69) is 19.9 Å². The first kappa shape index (κ1) is 17.7. The minimum Gasteiger partial charge on any atom is -0.347 e. The second kappa shape index (κ2) is 6.19. The highest BCUT2D eigenvalue weighted by Gasteiger charge is 2.47. The summed E-state index contributed by atoms with van der Waals surface area (Å²) in [6.07, 6.45) is 6.68. The van der Waals surface area contributed by atoms with Gasteiger partial charge in [-0.25, -0.2) is 0 Å². The second-order valence-corrected chi connectivity index (χ2v) is 8.12. The van der Waals surface area contributed by atoms with Gasteiger partial charge in [0.25, 0.3) is 0 Å². The summed E-state index contributed by atoms with van der Waals surface area (Å²) in [5.74, 6) is -1.21. The van der Waals surface area contributed by atoms with E-state index in [-0.39, 0.29) is 41.4 Å². The molecule has 1 fully saturated rings. The van der Waals surface area contributed by atoms with Crippen LogP contribution in [-0.4, -0.2) is 36.1 Å². The fourth-order valence-corrected chi connectivity index (χ4v) is 4.64. The molecular formula is C22H24N2O3. The number of ketones is 1. The number of hydrogen-bond acceptors (Lipinski definition) is 4. The highest BCUT2D eigenvalue weighted by molar-refractivity contribution is 6.09. The third-order valence-corrected chi connectivity index (χ3v) is 6.15. The van der Waals surface area contributed by atoms with Gasteiger partial charge in [-0.2, -0.15) is 0 Å². The number of carbonyl (C=O) groups excluding carboxylic acids is 3. The SMILES string of the molecule is CN1/C(=C\C(=O)CN2C(=O)[C@H]3CC=CC[C@H]3C2=O)C(C)(C)c2ccccc21. The number of para-hydroxylation sites is 1. The van der Waals surface area contributed by atoms with Crippen LogP contribution in [0.25, 0.3) is 0 Å². The third-order valence-electron chi connectivity index (χ3n) is 6.15. The van der Waals surface area contributed by atoms with Crippen molar-refractivity contribution in [2.45, 2.75) is 32.1 Å². The van der Waals surface area contributed by atoms with Crippen molar-refractivity contribution < 1.29 is 14.4 Å². The van der Waals surface area contributed by atoms with Crippen LogP contribution in [0.2, 0.25) is 0 Å². The van der Waals surface area contributed by atoms with E-state index in [1.165, 1.54) is 0 Å². The Labute approximate surface area is 159 Å². The number of rotatable bonds is 3. The molecule has 1 aliphatic carbocycles. The standard InChI is InChI=1S/C22H24N2O3/c1-22(2)17-10-6-7-11-18(17)23(3)19(22)12-14(25)13-24-20(26)15-8-4-5-9-16(15)21(24)27/h4-7,10-12,15-16H,8-9,13H2,1-3H3/b19-12-/t15-,16+. The van der Waals surface area contributed by atoms with Gasteiger partial charge in [0, 0.05) is 29.9 Å². The van der Waals surface area contributed by atoms with Crippen LogP contribution >= 0.6 is 0 Å². The summed E-state index contributed by atoms with van der Waals surface area (Å²) in [4.78, 5) is 41.1. The number of allylic oxidation sites excluding steroid dienone is 3. The first-order valence-electron chi connectivity index (χ1n) is 9.41. The molecule has 4 rings (SSSR count). The van der Waals surface area contributed by atoms with Gasteiger partial charge in [-0.05, 0) is 24.5 Å². The van der Waals surface area contributed by atoms with Gasteiger partial charge in [-0.3, -0.25) is 19.3 Å². The monoisotopic (exact) mass is 364 g/mol. The number of carbonyl (C=O) groups is 3. The van der Waals surface area contributed by atoms with Crippen LogP contribution in [-0.2, 0) is 19.8 Å². The fourth-order valence-electron chi connectivity index (χ4n) is 4.64. The number of amides is 2. The van der Waals surface area contributed by atoms with Gasteiger partial charge < -0.3 is 4.90 Å². The molecule has 0 unspecified atom stereocenters. The number of likely N-dealkylation sites (tertiary alicyclic amines) is 1. The summed E-state index contributed by atoms with van der Waals surface area (Å²) < 4.78 is 0. The van der Waals surface area contributed by atoms with Gasteiger partial charge in [0.1, 0.15) is 0 Å². The average Bonchev–Trinajstić information content (AvgIpc) is 3.01. The fraction of sp³-hybridized carbons (Fsp3) is 0.409. The van der Waals surface area contributed by atoms with E-state index in [9.17, 15) is 14.4 Å². The Morgan fingerprint density at radius 3 is 2.30 bits per heavy atom. The first-order chi connectivity index (χ1) is 12.8. The molecule has 5 nitrogen and oxygen atoms in total. The lowest BCUT2D eigenvalue weighted by molar-refractivity contribution is -0.142. The molecule has 1 saturated heterocycles. The summed E-state index contributed by atoms with van der Waals surface area (Å²) in [5.41, 5.74) is 2.81. The molecule has 1 aromatic rings. The molecule has 2 amide bonds. The van der Waals surface area contributed by atoms with Crippen LogP contribution in [0, 0.1) is 11.8 Å². The maximum atomic E-state index is 12.8. The zero-order chi connectivity index (χ0) is 19.3. The maximum absolute atomic E-state index is 12.8. The number of fused-ring (bicyclic) bond motifs is 2. The van der Waals surface area contributed by atoms with E-state index in [1.807, 2.05) is 42.3 Å². The lowest BCUT2D eigenvalue weighted by atomic mass is 9.83. The van der Waals surface area contributed by atoms with Gasteiger partial charge >= 0.3 is 0 Å². The van der Waals surface area contributed by atoms with Gasteiger partial charge in [-0.15, -0.1) is 0 Å². The molecule has 0 N–H and O–H groups in total. The van der Waals surface area contributed by atoms with Gasteiger partial charge in [0.15, 0.2) is 5.78 Å². The van der Waals surface area contributed by atoms with Gasteiger partial charge in [0.05, 0.1) is 18.4 Å². The van der Waals surface area contributed by atoms with Crippen molar-refractivity contribution in [2.24, 2.45) is 11.8 Å². The molecule has 1 aromatic carbocycles. The van der Waals surface area contributed by atoms with Crippen LogP contribution in [0.3, 0.4) is 0 Å². The predicted molar refractivity (Wildman–Crippen MR) is 103 cm³/mol. The molecular weight excluding hydrogens is 340 g/mol. The number of imide groups is 1.